The van der Waals surface area contributed by atoms with Gasteiger partial charge in [0.05, 0.1) is 24.9 Å². The largest absolute Gasteiger partial charge is 0.394 e. The van der Waals surface area contributed by atoms with Crippen LogP contribution in [-0.2, 0) is 4.74 Å². The highest BCUT2D eigenvalue weighted by Crippen LogP contribution is 2.38. The maximum absolute atomic E-state index is 14.7. The normalized spacial score (nSPS) is 22.8. The topological polar surface area (TPSA) is 49.7 Å². The summed E-state index contributed by atoms with van der Waals surface area (Å²) in [6.07, 6.45) is -0.384. The Morgan fingerprint density at radius 1 is 1.10 bits per heavy atom. The number of aryl methyl sites for hydroxylation is 1. The Morgan fingerprint density at radius 3 is 2.60 bits per heavy atom. The number of thiophene rings is 1. The molecule has 0 aliphatic carbocycles. The van der Waals surface area contributed by atoms with Crippen molar-refractivity contribution >= 4 is 11.3 Å². The molecule has 0 bridgehead atoms. The van der Waals surface area contributed by atoms with E-state index in [1.165, 1.54) is 11.6 Å². The van der Waals surface area contributed by atoms with Crippen LogP contribution >= 0.6 is 11.3 Å². The number of hydrogen-bond acceptors (Lipinski definition) is 4. The van der Waals surface area contributed by atoms with E-state index in [-0.39, 0.29) is 30.5 Å². The second-order valence-electron chi connectivity index (χ2n) is 8.13. The van der Waals surface area contributed by atoms with Crippen molar-refractivity contribution in [1.29, 1.82) is 0 Å². The quantitative estimate of drug-likeness (QED) is 0.559. The fraction of sp³-hybridized carbons (Fsp3) is 0.360. The molecule has 4 atom stereocenters. The second-order valence-corrected chi connectivity index (χ2v) is 9.24. The zero-order valence-electron chi connectivity index (χ0n) is 17.2. The van der Waals surface area contributed by atoms with Crippen LogP contribution in [0.5, 0.6) is 0 Å². The van der Waals surface area contributed by atoms with Crippen molar-refractivity contribution in [1.82, 2.24) is 0 Å². The molecule has 0 amide bonds. The van der Waals surface area contributed by atoms with Gasteiger partial charge in [-0.05, 0) is 47.9 Å². The molecule has 0 spiro atoms. The molecule has 1 fully saturated rings. The summed E-state index contributed by atoms with van der Waals surface area (Å²) in [6.45, 7) is 3.95. The van der Waals surface area contributed by atoms with Crippen molar-refractivity contribution in [3.63, 3.8) is 0 Å². The highest BCUT2D eigenvalue weighted by molar-refractivity contribution is 7.15. The van der Waals surface area contributed by atoms with E-state index in [4.69, 9.17) is 4.74 Å². The van der Waals surface area contributed by atoms with Crippen molar-refractivity contribution in [3.8, 4) is 10.4 Å². The maximum Gasteiger partial charge on any atom is 0.127 e. The molecule has 2 heterocycles. The van der Waals surface area contributed by atoms with Gasteiger partial charge >= 0.3 is 0 Å². The number of ether oxygens (including phenoxy) is 1. The number of hydrogen-bond donors (Lipinski definition) is 2. The van der Waals surface area contributed by atoms with E-state index in [0.717, 1.165) is 20.9 Å². The molecule has 1 aliphatic heterocycles. The number of aliphatic hydroxyl groups is 2. The van der Waals surface area contributed by atoms with Crippen LogP contribution in [0.15, 0.2) is 54.6 Å². The first kappa shape index (κ1) is 21.2. The molecule has 1 aromatic heterocycles. The van der Waals surface area contributed by atoms with Gasteiger partial charge in [-0.3, -0.25) is 0 Å². The van der Waals surface area contributed by atoms with E-state index in [9.17, 15) is 14.6 Å². The van der Waals surface area contributed by atoms with Gasteiger partial charge in [-0.1, -0.05) is 42.8 Å². The van der Waals surface area contributed by atoms with Crippen LogP contribution in [0, 0.1) is 12.7 Å². The monoisotopic (exact) mass is 426 g/mol. The fourth-order valence-electron chi connectivity index (χ4n) is 4.03. The third kappa shape index (κ3) is 4.49. The highest BCUT2D eigenvalue weighted by atomic mass is 32.1. The predicted molar refractivity (Wildman–Crippen MR) is 118 cm³/mol. The van der Waals surface area contributed by atoms with E-state index in [0.29, 0.717) is 18.4 Å². The zero-order valence-corrected chi connectivity index (χ0v) is 18.0. The summed E-state index contributed by atoms with van der Waals surface area (Å²) in [4.78, 5) is 2.26. The lowest BCUT2D eigenvalue weighted by molar-refractivity contribution is -0.113. The summed E-state index contributed by atoms with van der Waals surface area (Å²) < 4.78 is 20.7. The molecule has 158 valence electrons. The lowest BCUT2D eigenvalue weighted by atomic mass is 9.91. The number of aliphatic hydroxyl groups excluding tert-OH is 2. The standard InChI is InChI=1S/C25H27FO3S/c1-15-3-5-17(6-4-15)25-10-9-24(30-25)16(2)21-11-18(7-8-22(21)26)23-13-19(28)12-20(14-27)29-23/h3-11,16,19-20,23,27-28H,12-14H2,1-2H3. The first-order valence-corrected chi connectivity index (χ1v) is 11.2. The minimum absolute atomic E-state index is 0.101. The maximum atomic E-state index is 14.7. The van der Waals surface area contributed by atoms with Crippen LogP contribution in [0.25, 0.3) is 10.4 Å². The molecule has 1 aliphatic rings. The van der Waals surface area contributed by atoms with E-state index in [1.807, 2.05) is 13.0 Å². The molecule has 3 aromatic rings. The van der Waals surface area contributed by atoms with Crippen LogP contribution in [0.4, 0.5) is 4.39 Å². The molecule has 1 saturated heterocycles. The van der Waals surface area contributed by atoms with Gasteiger partial charge in [0.2, 0.25) is 0 Å². The minimum Gasteiger partial charge on any atom is -0.394 e. The summed E-state index contributed by atoms with van der Waals surface area (Å²) in [5, 5.41) is 19.5. The molecule has 30 heavy (non-hydrogen) atoms. The van der Waals surface area contributed by atoms with Crippen LogP contribution in [0.1, 0.15) is 53.4 Å². The van der Waals surface area contributed by atoms with Crippen LogP contribution in [0.2, 0.25) is 0 Å². The van der Waals surface area contributed by atoms with E-state index < -0.39 is 6.10 Å². The molecule has 2 aromatic carbocycles. The average Bonchev–Trinajstić information content (AvgIpc) is 3.24. The first-order chi connectivity index (χ1) is 14.4. The zero-order chi connectivity index (χ0) is 21.3. The highest BCUT2D eigenvalue weighted by Gasteiger charge is 2.30. The molecule has 0 saturated carbocycles. The number of rotatable bonds is 5. The Hall–Kier alpha value is -2.05. The van der Waals surface area contributed by atoms with Gasteiger partial charge < -0.3 is 14.9 Å². The van der Waals surface area contributed by atoms with Gasteiger partial charge in [-0.15, -0.1) is 11.3 Å². The molecule has 3 nitrogen and oxygen atoms in total. The van der Waals surface area contributed by atoms with Gasteiger partial charge in [-0.2, -0.15) is 0 Å². The Kier molecular flexibility index (Phi) is 6.34. The van der Waals surface area contributed by atoms with Gasteiger partial charge in [-0.25, -0.2) is 4.39 Å². The Bertz CT molecular complexity index is 998. The lowest BCUT2D eigenvalue weighted by Crippen LogP contribution is -2.33. The van der Waals surface area contributed by atoms with Gasteiger partial charge in [0, 0.05) is 28.5 Å². The summed E-state index contributed by atoms with van der Waals surface area (Å²) >= 11 is 1.68. The number of benzene rings is 2. The van der Waals surface area contributed by atoms with Gasteiger partial charge in [0.1, 0.15) is 5.82 Å². The molecule has 5 heteroatoms. The number of halogens is 1. The van der Waals surface area contributed by atoms with E-state index in [2.05, 4.69) is 43.3 Å². The fourth-order valence-corrected chi connectivity index (χ4v) is 5.11. The first-order valence-electron chi connectivity index (χ1n) is 10.3. The smallest absolute Gasteiger partial charge is 0.127 e. The average molecular weight is 427 g/mol. The van der Waals surface area contributed by atoms with Crippen molar-refractivity contribution in [3.05, 3.63) is 82.0 Å². The second kappa shape index (κ2) is 8.98. The predicted octanol–water partition coefficient (Wildman–Crippen LogP) is 5.59. The van der Waals surface area contributed by atoms with Crippen molar-refractivity contribution < 1.29 is 19.3 Å². The van der Waals surface area contributed by atoms with Gasteiger partial charge in [0.25, 0.3) is 0 Å². The van der Waals surface area contributed by atoms with Crippen LogP contribution in [0.3, 0.4) is 0 Å². The summed E-state index contributed by atoms with van der Waals surface area (Å²) in [5.41, 5.74) is 3.85. The Labute approximate surface area is 180 Å². The lowest BCUT2D eigenvalue weighted by Gasteiger charge is -2.33. The summed E-state index contributed by atoms with van der Waals surface area (Å²) in [6, 6.07) is 17.6. The van der Waals surface area contributed by atoms with Crippen LogP contribution < -0.4 is 0 Å². The van der Waals surface area contributed by atoms with E-state index in [1.54, 1.807) is 17.4 Å². The third-order valence-corrected chi connectivity index (χ3v) is 7.15. The van der Waals surface area contributed by atoms with E-state index >= 15 is 0 Å². The molecule has 4 unspecified atom stereocenters. The summed E-state index contributed by atoms with van der Waals surface area (Å²) in [7, 11) is 0. The van der Waals surface area contributed by atoms with Crippen molar-refractivity contribution in [2.75, 3.05) is 6.61 Å². The molecular formula is C25H27FO3S. The molecule has 4 rings (SSSR count). The van der Waals surface area contributed by atoms with Crippen LogP contribution in [-0.4, -0.2) is 29.0 Å². The minimum atomic E-state index is -0.527. The Morgan fingerprint density at radius 2 is 1.87 bits per heavy atom. The summed E-state index contributed by atoms with van der Waals surface area (Å²) in [5.74, 6) is -0.345. The van der Waals surface area contributed by atoms with Gasteiger partial charge in [0.15, 0.2) is 0 Å². The molecular weight excluding hydrogens is 399 g/mol. The Balaban J connectivity index is 1.59. The molecule has 0 radical (unpaired) electrons. The molecule has 2 N–H and O–H groups in total. The SMILES string of the molecule is Cc1ccc(-c2ccc(C(C)c3cc(C4CC(O)CC(CO)O4)ccc3F)s2)cc1. The van der Waals surface area contributed by atoms with Crippen molar-refractivity contribution in [2.45, 2.75) is 50.9 Å². The third-order valence-electron chi connectivity index (χ3n) is 5.83. The van der Waals surface area contributed by atoms with Crippen molar-refractivity contribution in [2.24, 2.45) is 0 Å².